The molecule has 0 radical (unpaired) electrons. The average molecular weight is 451 g/mol. The Balaban J connectivity index is 1.29. The number of ether oxygens (including phenoxy) is 1. The van der Waals surface area contributed by atoms with Crippen LogP contribution >= 0.6 is 0 Å². The van der Waals surface area contributed by atoms with E-state index in [9.17, 15) is 14.0 Å². The Hall–Kier alpha value is -2.73. The third kappa shape index (κ3) is 4.17. The second kappa shape index (κ2) is 8.90. The summed E-state index contributed by atoms with van der Waals surface area (Å²) in [5.74, 6) is 0.387. The van der Waals surface area contributed by atoms with E-state index in [0.717, 1.165) is 13.0 Å². The lowest BCUT2D eigenvalue weighted by atomic mass is 9.78. The van der Waals surface area contributed by atoms with Crippen LogP contribution in [0.1, 0.15) is 48.0 Å². The van der Waals surface area contributed by atoms with E-state index in [1.54, 1.807) is 4.90 Å². The van der Waals surface area contributed by atoms with Crippen molar-refractivity contribution in [3.05, 3.63) is 71.5 Å². The van der Waals surface area contributed by atoms with Crippen molar-refractivity contribution in [3.8, 4) is 0 Å². The topological polar surface area (TPSA) is 49.9 Å². The highest BCUT2D eigenvalue weighted by atomic mass is 19.1. The number of hydrogen-bond donors (Lipinski definition) is 0. The summed E-state index contributed by atoms with van der Waals surface area (Å²) < 4.78 is 19.0. The molecule has 0 aromatic heterocycles. The SMILES string of the molecule is CC1(C(=O)N2C[C@H](c3ccccc3)[C@H]3COCC[C@H]32)CCN(C(=O)c2ccc(F)cc2)CC1. The van der Waals surface area contributed by atoms with Gasteiger partial charge in [0, 0.05) is 55.1 Å². The van der Waals surface area contributed by atoms with E-state index in [-0.39, 0.29) is 23.7 Å². The van der Waals surface area contributed by atoms with Gasteiger partial charge in [-0.1, -0.05) is 37.3 Å². The molecule has 0 saturated carbocycles. The molecule has 2 amide bonds. The summed E-state index contributed by atoms with van der Waals surface area (Å²) in [7, 11) is 0. The summed E-state index contributed by atoms with van der Waals surface area (Å²) in [5.41, 5.74) is 1.29. The first kappa shape index (κ1) is 22.1. The lowest BCUT2D eigenvalue weighted by molar-refractivity contribution is -0.146. The van der Waals surface area contributed by atoms with Crippen LogP contribution < -0.4 is 0 Å². The lowest BCUT2D eigenvalue weighted by Crippen LogP contribution is -2.52. The number of benzene rings is 2. The number of nitrogens with zero attached hydrogens (tertiary/aromatic N) is 2. The zero-order chi connectivity index (χ0) is 23.0. The molecule has 3 aliphatic rings. The molecular weight excluding hydrogens is 419 g/mol. The van der Waals surface area contributed by atoms with Gasteiger partial charge in [-0.15, -0.1) is 0 Å². The van der Waals surface area contributed by atoms with Crippen molar-refractivity contribution in [1.82, 2.24) is 9.80 Å². The van der Waals surface area contributed by atoms with Crippen molar-refractivity contribution in [2.45, 2.75) is 38.1 Å². The number of halogens is 1. The predicted molar refractivity (Wildman–Crippen MR) is 123 cm³/mol. The fraction of sp³-hybridized carbons (Fsp3) is 0.481. The first-order valence-electron chi connectivity index (χ1n) is 11.9. The Bertz CT molecular complexity index is 1000. The van der Waals surface area contributed by atoms with Gasteiger partial charge in [0.15, 0.2) is 0 Å². The van der Waals surface area contributed by atoms with E-state index in [1.165, 1.54) is 29.8 Å². The summed E-state index contributed by atoms with van der Waals surface area (Å²) in [6.07, 6.45) is 2.16. The molecule has 3 aliphatic heterocycles. The smallest absolute Gasteiger partial charge is 0.253 e. The Morgan fingerprint density at radius 3 is 2.42 bits per heavy atom. The Kier molecular flexibility index (Phi) is 5.95. The standard InChI is InChI=1S/C27H31FN2O3/c1-27(12-14-29(15-13-27)25(31)20-7-9-21(28)10-8-20)26(32)30-17-22(19-5-3-2-4-6-19)23-18-33-16-11-24(23)30/h2-10,22-24H,11-18H2,1H3/t22-,23-,24-/m1/s1. The molecule has 2 aromatic rings. The van der Waals surface area contributed by atoms with Crippen LogP contribution in [0.3, 0.4) is 0 Å². The average Bonchev–Trinajstić information content (AvgIpc) is 3.24. The molecule has 174 valence electrons. The largest absolute Gasteiger partial charge is 0.381 e. The second-order valence-corrected chi connectivity index (χ2v) is 9.93. The number of fused-ring (bicyclic) bond motifs is 1. The van der Waals surface area contributed by atoms with Crippen LogP contribution in [0, 0.1) is 17.2 Å². The molecule has 0 spiro atoms. The van der Waals surface area contributed by atoms with Crippen LogP contribution in [0.2, 0.25) is 0 Å². The molecule has 3 atom stereocenters. The van der Waals surface area contributed by atoms with Crippen molar-refractivity contribution in [3.63, 3.8) is 0 Å². The maximum Gasteiger partial charge on any atom is 0.253 e. The molecule has 33 heavy (non-hydrogen) atoms. The molecule has 5 nitrogen and oxygen atoms in total. The molecule has 0 N–H and O–H groups in total. The van der Waals surface area contributed by atoms with E-state index < -0.39 is 5.41 Å². The summed E-state index contributed by atoms with van der Waals surface area (Å²) in [6.45, 7) is 5.25. The fourth-order valence-corrected chi connectivity index (χ4v) is 5.83. The third-order valence-corrected chi connectivity index (χ3v) is 7.92. The van der Waals surface area contributed by atoms with Gasteiger partial charge in [0.05, 0.1) is 6.61 Å². The van der Waals surface area contributed by atoms with Gasteiger partial charge in [-0.05, 0) is 49.1 Å². The van der Waals surface area contributed by atoms with Crippen molar-refractivity contribution >= 4 is 11.8 Å². The molecule has 0 unspecified atom stereocenters. The highest BCUT2D eigenvalue weighted by Gasteiger charge is 2.50. The van der Waals surface area contributed by atoms with Crippen LogP contribution in [-0.4, -0.2) is 60.5 Å². The maximum atomic E-state index is 13.9. The molecule has 0 bridgehead atoms. The molecule has 2 aromatic carbocycles. The third-order valence-electron chi connectivity index (χ3n) is 7.92. The molecule has 5 rings (SSSR count). The van der Waals surface area contributed by atoms with Gasteiger partial charge in [-0.3, -0.25) is 9.59 Å². The highest BCUT2D eigenvalue weighted by molar-refractivity contribution is 5.94. The van der Waals surface area contributed by atoms with E-state index in [1.807, 2.05) is 6.07 Å². The van der Waals surface area contributed by atoms with E-state index >= 15 is 0 Å². The van der Waals surface area contributed by atoms with Crippen LogP contribution in [0.4, 0.5) is 4.39 Å². The van der Waals surface area contributed by atoms with Crippen molar-refractivity contribution in [2.24, 2.45) is 11.3 Å². The zero-order valence-corrected chi connectivity index (χ0v) is 19.1. The normalized spacial score (nSPS) is 26.7. The van der Waals surface area contributed by atoms with Crippen LogP contribution in [-0.2, 0) is 9.53 Å². The van der Waals surface area contributed by atoms with Crippen LogP contribution in [0.25, 0.3) is 0 Å². The fourth-order valence-electron chi connectivity index (χ4n) is 5.83. The minimum atomic E-state index is -0.478. The first-order chi connectivity index (χ1) is 16.0. The van der Waals surface area contributed by atoms with Gasteiger partial charge >= 0.3 is 0 Å². The predicted octanol–water partition coefficient (Wildman–Crippen LogP) is 4.10. The Morgan fingerprint density at radius 2 is 1.73 bits per heavy atom. The number of carbonyl (C=O) groups is 2. The van der Waals surface area contributed by atoms with Crippen LogP contribution in [0.5, 0.6) is 0 Å². The van der Waals surface area contributed by atoms with E-state index in [0.29, 0.717) is 56.5 Å². The summed E-state index contributed by atoms with van der Waals surface area (Å²) in [5, 5.41) is 0. The number of carbonyl (C=O) groups excluding carboxylic acids is 2. The molecular formula is C27H31FN2O3. The second-order valence-electron chi connectivity index (χ2n) is 9.93. The van der Waals surface area contributed by atoms with Crippen molar-refractivity contribution in [1.29, 1.82) is 0 Å². The van der Waals surface area contributed by atoms with Gasteiger partial charge in [-0.25, -0.2) is 4.39 Å². The monoisotopic (exact) mass is 450 g/mol. The first-order valence-corrected chi connectivity index (χ1v) is 11.9. The molecule has 0 aliphatic carbocycles. The van der Waals surface area contributed by atoms with Gasteiger partial charge < -0.3 is 14.5 Å². The molecule has 3 saturated heterocycles. The minimum absolute atomic E-state index is 0.0979. The molecule has 6 heteroatoms. The van der Waals surface area contributed by atoms with Crippen molar-refractivity contribution in [2.75, 3.05) is 32.8 Å². The number of amides is 2. The Morgan fingerprint density at radius 1 is 1.03 bits per heavy atom. The maximum absolute atomic E-state index is 13.9. The number of hydrogen-bond acceptors (Lipinski definition) is 3. The Labute approximate surface area is 194 Å². The zero-order valence-electron chi connectivity index (χ0n) is 19.1. The van der Waals surface area contributed by atoms with Gasteiger partial charge in [-0.2, -0.15) is 0 Å². The summed E-state index contributed by atoms with van der Waals surface area (Å²) >= 11 is 0. The molecule has 3 fully saturated rings. The van der Waals surface area contributed by atoms with Crippen LogP contribution in [0.15, 0.2) is 54.6 Å². The summed E-state index contributed by atoms with van der Waals surface area (Å²) in [6, 6.07) is 16.4. The summed E-state index contributed by atoms with van der Waals surface area (Å²) in [4.78, 5) is 30.6. The number of rotatable bonds is 3. The van der Waals surface area contributed by atoms with Gasteiger partial charge in [0.2, 0.25) is 5.91 Å². The van der Waals surface area contributed by atoms with E-state index in [4.69, 9.17) is 4.74 Å². The van der Waals surface area contributed by atoms with E-state index in [2.05, 4.69) is 36.1 Å². The van der Waals surface area contributed by atoms with Gasteiger partial charge in [0.25, 0.3) is 5.91 Å². The number of likely N-dealkylation sites (tertiary alicyclic amines) is 2. The molecule has 3 heterocycles. The highest BCUT2D eigenvalue weighted by Crippen LogP contribution is 2.44. The number of piperidine rings is 1. The quantitative estimate of drug-likeness (QED) is 0.708. The minimum Gasteiger partial charge on any atom is -0.381 e. The van der Waals surface area contributed by atoms with Crippen molar-refractivity contribution < 1.29 is 18.7 Å². The lowest BCUT2D eigenvalue weighted by Gasteiger charge is -2.42. The van der Waals surface area contributed by atoms with Gasteiger partial charge in [0.1, 0.15) is 5.82 Å².